The number of amides is 2. The molecule has 11 heteroatoms. The second-order valence-electron chi connectivity index (χ2n) is 8.04. The quantitative estimate of drug-likeness (QED) is 0.500. The summed E-state index contributed by atoms with van der Waals surface area (Å²) in [5.41, 5.74) is 1.56. The number of alkyl halides is 3. The monoisotopic (exact) mass is 489 g/mol. The molecule has 0 aliphatic heterocycles. The molecule has 2 aromatic heterocycles. The Balaban J connectivity index is 1.65. The maximum atomic E-state index is 13.6. The number of nitrogens with one attached hydrogen (secondary N) is 1. The van der Waals surface area contributed by atoms with E-state index in [1.165, 1.54) is 23.5 Å². The third-order valence-electron chi connectivity index (χ3n) is 5.74. The van der Waals surface area contributed by atoms with Gasteiger partial charge in [0.2, 0.25) is 17.7 Å². The first-order valence-corrected chi connectivity index (χ1v) is 11.3. The lowest BCUT2D eigenvalue weighted by Gasteiger charge is -2.34. The van der Waals surface area contributed by atoms with Crippen LogP contribution < -0.4 is 10.2 Å². The van der Waals surface area contributed by atoms with Crippen molar-refractivity contribution in [3.63, 3.8) is 0 Å². The molecule has 2 amide bonds. The Morgan fingerprint density at radius 3 is 2.44 bits per heavy atom. The Hall–Kier alpha value is -3.40. The topological polar surface area (TPSA) is 101 Å². The van der Waals surface area contributed by atoms with E-state index in [9.17, 15) is 18.4 Å². The van der Waals surface area contributed by atoms with Crippen molar-refractivity contribution in [3.8, 4) is 11.3 Å². The lowest BCUT2D eigenvalue weighted by atomic mass is 9.92. The lowest BCUT2D eigenvalue weighted by molar-refractivity contribution is -0.127. The van der Waals surface area contributed by atoms with Crippen LogP contribution in [0.4, 0.5) is 14.5 Å². The van der Waals surface area contributed by atoms with Crippen molar-refractivity contribution in [1.29, 1.82) is 0 Å². The van der Waals surface area contributed by atoms with Crippen LogP contribution in [0.3, 0.4) is 0 Å². The molecule has 1 aliphatic carbocycles. The van der Waals surface area contributed by atoms with Crippen LogP contribution in [0.2, 0.25) is 0 Å². The van der Waals surface area contributed by atoms with Gasteiger partial charge in [-0.05, 0) is 43.2 Å². The second-order valence-corrected chi connectivity index (χ2v) is 8.31. The molecule has 1 aromatic carbocycles. The van der Waals surface area contributed by atoms with Crippen LogP contribution in [0.15, 0.2) is 59.5 Å². The molecule has 1 fully saturated rings. The third-order valence-corrected chi connectivity index (χ3v) is 5.97. The minimum Gasteiger partial charge on any atom is -0.356 e. The molecule has 2 heterocycles. The van der Waals surface area contributed by atoms with E-state index in [1.807, 2.05) is 0 Å². The molecule has 178 valence electrons. The van der Waals surface area contributed by atoms with Gasteiger partial charge in [0.25, 0.3) is 0 Å². The first kappa shape index (κ1) is 23.7. The first-order valence-electron chi connectivity index (χ1n) is 10.7. The summed E-state index contributed by atoms with van der Waals surface area (Å²) in [6.07, 6.45) is 4.01. The molecular formula is C23H22ClF2N5O3. The van der Waals surface area contributed by atoms with E-state index in [0.717, 1.165) is 5.56 Å². The SMILES string of the molecule is O=C(NC1CCC(F)(F)CC1)C(c1ccnnc1)N(C(=O)CCl)c1ccc(-c2ccno2)cc1. The van der Waals surface area contributed by atoms with Gasteiger partial charge in [-0.2, -0.15) is 10.2 Å². The van der Waals surface area contributed by atoms with E-state index < -0.39 is 29.8 Å². The Morgan fingerprint density at radius 1 is 1.12 bits per heavy atom. The number of hydrogen-bond donors (Lipinski definition) is 1. The average molecular weight is 490 g/mol. The molecule has 0 spiro atoms. The standard InChI is InChI=1S/C23H22ClF2N5O3/c24-13-20(32)31(18-3-1-15(2-4-18)19-8-12-29-34-19)21(16-7-11-27-28-14-16)22(33)30-17-5-9-23(25,26)10-6-17/h1-4,7-8,11-12,14,17,21H,5-6,9-10,13H2,(H,30,33). The van der Waals surface area contributed by atoms with E-state index >= 15 is 0 Å². The predicted octanol–water partition coefficient (Wildman–Crippen LogP) is 4.14. The summed E-state index contributed by atoms with van der Waals surface area (Å²) in [7, 11) is 0. The largest absolute Gasteiger partial charge is 0.356 e. The number of nitrogens with zero attached hydrogens (tertiary/aromatic N) is 4. The van der Waals surface area contributed by atoms with Crippen LogP contribution in [-0.4, -0.2) is 45.0 Å². The van der Waals surface area contributed by atoms with Gasteiger partial charge in [0.05, 0.1) is 12.4 Å². The molecular weight excluding hydrogens is 468 g/mol. The third kappa shape index (κ3) is 5.39. The number of carbonyl (C=O) groups is 2. The summed E-state index contributed by atoms with van der Waals surface area (Å²) < 4.78 is 32.3. The number of carbonyl (C=O) groups excluding carboxylic acids is 2. The molecule has 1 aliphatic rings. The van der Waals surface area contributed by atoms with Gasteiger partial charge in [0.15, 0.2) is 5.76 Å². The fourth-order valence-corrected chi connectivity index (χ4v) is 4.13. The fourth-order valence-electron chi connectivity index (χ4n) is 4.00. The minimum absolute atomic E-state index is 0.148. The summed E-state index contributed by atoms with van der Waals surface area (Å²) in [6, 6.07) is 8.51. The summed E-state index contributed by atoms with van der Waals surface area (Å²) in [4.78, 5) is 27.7. The zero-order valence-corrected chi connectivity index (χ0v) is 18.8. The molecule has 3 aromatic rings. The maximum absolute atomic E-state index is 13.6. The molecule has 8 nitrogen and oxygen atoms in total. The number of aromatic nitrogens is 3. The highest BCUT2D eigenvalue weighted by atomic mass is 35.5. The Morgan fingerprint density at radius 2 is 1.85 bits per heavy atom. The zero-order valence-electron chi connectivity index (χ0n) is 18.0. The molecule has 0 bridgehead atoms. The fraction of sp³-hybridized carbons (Fsp3) is 0.348. The highest BCUT2D eigenvalue weighted by molar-refractivity contribution is 6.29. The number of rotatable bonds is 7. The summed E-state index contributed by atoms with van der Waals surface area (Å²) in [6.45, 7) is 0. The van der Waals surface area contributed by atoms with Crippen LogP contribution in [0.5, 0.6) is 0 Å². The number of benzene rings is 1. The molecule has 0 saturated heterocycles. The van der Waals surface area contributed by atoms with Gasteiger partial charge in [-0.1, -0.05) is 5.16 Å². The lowest BCUT2D eigenvalue weighted by Crippen LogP contribution is -2.48. The van der Waals surface area contributed by atoms with Crippen molar-refractivity contribution in [2.75, 3.05) is 10.8 Å². The van der Waals surface area contributed by atoms with E-state index in [1.54, 1.807) is 36.4 Å². The maximum Gasteiger partial charge on any atom is 0.248 e. The van der Waals surface area contributed by atoms with Gasteiger partial charge >= 0.3 is 0 Å². The summed E-state index contributed by atoms with van der Waals surface area (Å²) in [5.74, 6) is -3.57. The second kappa shape index (κ2) is 10.3. The van der Waals surface area contributed by atoms with Crippen LogP contribution in [0.1, 0.15) is 37.3 Å². The zero-order chi connectivity index (χ0) is 24.1. The van der Waals surface area contributed by atoms with E-state index in [2.05, 4.69) is 20.7 Å². The van der Waals surface area contributed by atoms with E-state index in [-0.39, 0.29) is 31.6 Å². The van der Waals surface area contributed by atoms with E-state index in [4.69, 9.17) is 16.1 Å². The highest BCUT2D eigenvalue weighted by Crippen LogP contribution is 2.34. The molecule has 1 N–H and O–H groups in total. The van der Waals surface area contributed by atoms with Gasteiger partial charge < -0.3 is 9.84 Å². The highest BCUT2D eigenvalue weighted by Gasteiger charge is 2.38. The number of anilines is 1. The number of hydrogen-bond acceptors (Lipinski definition) is 6. The Labute approximate surface area is 199 Å². The number of halogens is 3. The van der Waals surface area contributed by atoms with Gasteiger partial charge in [0.1, 0.15) is 11.9 Å². The summed E-state index contributed by atoms with van der Waals surface area (Å²) >= 11 is 5.91. The Bertz CT molecular complexity index is 1100. The average Bonchev–Trinajstić information content (AvgIpc) is 3.39. The van der Waals surface area contributed by atoms with Crippen LogP contribution in [0.25, 0.3) is 11.3 Å². The van der Waals surface area contributed by atoms with Crippen LogP contribution in [0, 0.1) is 0 Å². The van der Waals surface area contributed by atoms with Crippen molar-refractivity contribution in [2.45, 2.75) is 43.7 Å². The molecule has 34 heavy (non-hydrogen) atoms. The van der Waals surface area contributed by atoms with Crippen LogP contribution >= 0.6 is 11.6 Å². The van der Waals surface area contributed by atoms with Gasteiger partial charge in [0, 0.05) is 48.0 Å². The normalized spacial score (nSPS) is 16.6. The van der Waals surface area contributed by atoms with Gasteiger partial charge in [-0.3, -0.25) is 14.5 Å². The molecule has 1 atom stereocenters. The van der Waals surface area contributed by atoms with Crippen LogP contribution in [-0.2, 0) is 9.59 Å². The van der Waals surface area contributed by atoms with Gasteiger partial charge in [-0.25, -0.2) is 8.78 Å². The minimum atomic E-state index is -2.72. The van der Waals surface area contributed by atoms with Crippen molar-refractivity contribution in [3.05, 3.63) is 60.6 Å². The molecule has 1 unspecified atom stereocenters. The van der Waals surface area contributed by atoms with Crippen molar-refractivity contribution in [1.82, 2.24) is 20.7 Å². The van der Waals surface area contributed by atoms with E-state index in [0.29, 0.717) is 17.0 Å². The Kier molecular flexibility index (Phi) is 7.16. The van der Waals surface area contributed by atoms with Crippen molar-refractivity contribution >= 4 is 29.1 Å². The van der Waals surface area contributed by atoms with Crippen molar-refractivity contribution < 1.29 is 22.9 Å². The predicted molar refractivity (Wildman–Crippen MR) is 120 cm³/mol. The summed E-state index contributed by atoms with van der Waals surface area (Å²) in [5, 5.41) is 14.1. The molecule has 0 radical (unpaired) electrons. The van der Waals surface area contributed by atoms with Gasteiger partial charge in [-0.15, -0.1) is 11.6 Å². The molecule has 4 rings (SSSR count). The molecule has 1 saturated carbocycles. The first-order chi connectivity index (χ1) is 16.4. The van der Waals surface area contributed by atoms with Crippen molar-refractivity contribution in [2.24, 2.45) is 0 Å². The smallest absolute Gasteiger partial charge is 0.248 e.